The third kappa shape index (κ3) is 5.95. The minimum absolute atomic E-state index is 0.195. The van der Waals surface area contributed by atoms with Crippen molar-refractivity contribution in [1.82, 2.24) is 10.6 Å². The minimum Gasteiger partial charge on any atom is -0.467 e. The van der Waals surface area contributed by atoms with Gasteiger partial charge in [0.25, 0.3) is 5.91 Å². The number of rotatable bonds is 7. The van der Waals surface area contributed by atoms with Crippen molar-refractivity contribution in [1.29, 1.82) is 0 Å². The molecule has 1 atom stereocenters. The maximum Gasteiger partial charge on any atom is 0.328 e. The summed E-state index contributed by atoms with van der Waals surface area (Å²) < 4.78 is 4.67. The molecule has 0 saturated heterocycles. The van der Waals surface area contributed by atoms with Crippen molar-refractivity contribution < 1.29 is 19.1 Å². The lowest BCUT2D eigenvalue weighted by molar-refractivity contribution is -0.145. The first-order valence-electron chi connectivity index (χ1n) is 7.14. The Labute approximate surface area is 130 Å². The lowest BCUT2D eigenvalue weighted by Gasteiger charge is -2.18. The number of benzene rings is 1. The van der Waals surface area contributed by atoms with E-state index in [0.717, 1.165) is 0 Å². The molecule has 6 heteroatoms. The Kier molecular flexibility index (Phi) is 7.08. The summed E-state index contributed by atoms with van der Waals surface area (Å²) in [6, 6.07) is 7.89. The maximum atomic E-state index is 11.9. The molecular weight excluding hydrogens is 284 g/mol. The second-order valence-electron chi connectivity index (χ2n) is 5.32. The summed E-state index contributed by atoms with van der Waals surface area (Å²) in [5, 5.41) is 5.09. The Morgan fingerprint density at radius 2 is 1.77 bits per heavy atom. The number of hydrogen-bond donors (Lipinski definition) is 2. The SMILES string of the molecule is COC(=O)C(CC(C)C)NC(=O)CNC(=O)c1ccccc1. The highest BCUT2D eigenvalue weighted by molar-refractivity contribution is 5.96. The van der Waals surface area contributed by atoms with E-state index in [-0.39, 0.29) is 18.4 Å². The number of esters is 1. The van der Waals surface area contributed by atoms with Crippen LogP contribution in [-0.4, -0.2) is 37.5 Å². The molecule has 0 spiro atoms. The third-order valence-corrected chi connectivity index (χ3v) is 2.97. The van der Waals surface area contributed by atoms with Gasteiger partial charge >= 0.3 is 5.97 Å². The van der Waals surface area contributed by atoms with E-state index in [2.05, 4.69) is 15.4 Å². The van der Waals surface area contributed by atoms with Crippen molar-refractivity contribution >= 4 is 17.8 Å². The average molecular weight is 306 g/mol. The molecule has 0 aliphatic heterocycles. The van der Waals surface area contributed by atoms with Crippen LogP contribution >= 0.6 is 0 Å². The van der Waals surface area contributed by atoms with E-state index in [1.165, 1.54) is 7.11 Å². The van der Waals surface area contributed by atoms with Crippen LogP contribution in [0.4, 0.5) is 0 Å². The molecule has 0 fully saturated rings. The zero-order chi connectivity index (χ0) is 16.5. The lowest BCUT2D eigenvalue weighted by atomic mass is 10.0. The van der Waals surface area contributed by atoms with Gasteiger partial charge in [0.15, 0.2) is 0 Å². The normalized spacial score (nSPS) is 11.6. The summed E-state index contributed by atoms with van der Waals surface area (Å²) >= 11 is 0. The summed E-state index contributed by atoms with van der Waals surface area (Å²) in [6.45, 7) is 3.69. The standard InChI is InChI=1S/C16H22N2O4/c1-11(2)9-13(16(21)22-3)18-14(19)10-17-15(20)12-7-5-4-6-8-12/h4-8,11,13H,9-10H2,1-3H3,(H,17,20)(H,18,19). The molecule has 0 radical (unpaired) electrons. The highest BCUT2D eigenvalue weighted by Gasteiger charge is 2.22. The van der Waals surface area contributed by atoms with Crippen LogP contribution < -0.4 is 10.6 Å². The van der Waals surface area contributed by atoms with Crippen molar-refractivity contribution in [3.05, 3.63) is 35.9 Å². The van der Waals surface area contributed by atoms with Crippen molar-refractivity contribution in [2.24, 2.45) is 5.92 Å². The number of hydrogen-bond acceptors (Lipinski definition) is 4. The zero-order valence-electron chi connectivity index (χ0n) is 13.1. The van der Waals surface area contributed by atoms with Gasteiger partial charge in [0.1, 0.15) is 6.04 Å². The van der Waals surface area contributed by atoms with E-state index in [0.29, 0.717) is 12.0 Å². The number of carbonyl (C=O) groups excluding carboxylic acids is 3. The third-order valence-electron chi connectivity index (χ3n) is 2.97. The van der Waals surface area contributed by atoms with Gasteiger partial charge in [-0.25, -0.2) is 4.79 Å². The van der Waals surface area contributed by atoms with Crippen LogP contribution in [-0.2, 0) is 14.3 Å². The molecule has 0 aliphatic rings. The molecule has 0 saturated carbocycles. The first-order chi connectivity index (χ1) is 10.4. The smallest absolute Gasteiger partial charge is 0.328 e. The second-order valence-corrected chi connectivity index (χ2v) is 5.32. The molecule has 2 amide bonds. The first-order valence-corrected chi connectivity index (χ1v) is 7.14. The molecule has 1 aromatic carbocycles. The number of carbonyl (C=O) groups is 3. The first kappa shape index (κ1) is 17.7. The van der Waals surface area contributed by atoms with Gasteiger partial charge in [0.2, 0.25) is 5.91 Å². The van der Waals surface area contributed by atoms with Gasteiger partial charge in [0, 0.05) is 5.56 Å². The predicted molar refractivity (Wildman–Crippen MR) is 82.2 cm³/mol. The monoisotopic (exact) mass is 306 g/mol. The number of amides is 2. The van der Waals surface area contributed by atoms with Crippen molar-refractivity contribution in [3.8, 4) is 0 Å². The van der Waals surface area contributed by atoms with Crippen molar-refractivity contribution in [2.45, 2.75) is 26.3 Å². The Morgan fingerprint density at radius 3 is 2.32 bits per heavy atom. The molecule has 1 unspecified atom stereocenters. The Morgan fingerprint density at radius 1 is 1.14 bits per heavy atom. The molecule has 0 heterocycles. The van der Waals surface area contributed by atoms with Crippen LogP contribution in [0.2, 0.25) is 0 Å². The van der Waals surface area contributed by atoms with E-state index in [4.69, 9.17) is 0 Å². The zero-order valence-corrected chi connectivity index (χ0v) is 13.1. The van der Waals surface area contributed by atoms with Crippen molar-refractivity contribution in [2.75, 3.05) is 13.7 Å². The van der Waals surface area contributed by atoms with E-state index in [1.54, 1.807) is 30.3 Å². The molecule has 120 valence electrons. The summed E-state index contributed by atoms with van der Waals surface area (Å²) in [5.41, 5.74) is 0.474. The van der Waals surface area contributed by atoms with Crippen LogP contribution in [0.1, 0.15) is 30.6 Å². The molecule has 6 nitrogen and oxygen atoms in total. The lowest BCUT2D eigenvalue weighted by Crippen LogP contribution is -2.46. The van der Waals surface area contributed by atoms with E-state index in [1.807, 2.05) is 13.8 Å². The van der Waals surface area contributed by atoms with Gasteiger partial charge in [-0.15, -0.1) is 0 Å². The fourth-order valence-corrected chi connectivity index (χ4v) is 1.93. The minimum atomic E-state index is -0.703. The summed E-state index contributed by atoms with van der Waals surface area (Å²) in [4.78, 5) is 35.3. The number of methoxy groups -OCH3 is 1. The number of nitrogens with one attached hydrogen (secondary N) is 2. The summed E-state index contributed by atoms with van der Waals surface area (Å²) in [5.74, 6) is -1.03. The van der Waals surface area contributed by atoms with E-state index < -0.39 is 17.9 Å². The average Bonchev–Trinajstić information content (AvgIpc) is 2.51. The molecule has 1 aromatic rings. The Balaban J connectivity index is 2.50. The van der Waals surface area contributed by atoms with Crippen LogP contribution in [0.5, 0.6) is 0 Å². The molecule has 0 bridgehead atoms. The highest BCUT2D eigenvalue weighted by atomic mass is 16.5. The van der Waals surface area contributed by atoms with Gasteiger partial charge in [0.05, 0.1) is 13.7 Å². The second kappa shape index (κ2) is 8.81. The summed E-state index contributed by atoms with van der Waals surface area (Å²) in [7, 11) is 1.28. The quantitative estimate of drug-likeness (QED) is 0.739. The largest absolute Gasteiger partial charge is 0.467 e. The van der Waals surface area contributed by atoms with Gasteiger partial charge < -0.3 is 15.4 Å². The molecule has 2 N–H and O–H groups in total. The summed E-state index contributed by atoms with van der Waals surface area (Å²) in [6.07, 6.45) is 0.477. The van der Waals surface area contributed by atoms with Gasteiger partial charge in [-0.1, -0.05) is 32.0 Å². The van der Waals surface area contributed by atoms with Crippen LogP contribution in [0.25, 0.3) is 0 Å². The Hall–Kier alpha value is -2.37. The van der Waals surface area contributed by atoms with E-state index in [9.17, 15) is 14.4 Å². The topological polar surface area (TPSA) is 84.5 Å². The van der Waals surface area contributed by atoms with Gasteiger partial charge in [-0.05, 0) is 24.5 Å². The maximum absolute atomic E-state index is 11.9. The molecular formula is C16H22N2O4. The van der Waals surface area contributed by atoms with Crippen molar-refractivity contribution in [3.63, 3.8) is 0 Å². The van der Waals surface area contributed by atoms with E-state index >= 15 is 0 Å². The number of ether oxygens (including phenoxy) is 1. The van der Waals surface area contributed by atoms with Gasteiger partial charge in [-0.3, -0.25) is 9.59 Å². The fraction of sp³-hybridized carbons (Fsp3) is 0.438. The van der Waals surface area contributed by atoms with Gasteiger partial charge in [-0.2, -0.15) is 0 Å². The molecule has 1 rings (SSSR count). The molecule has 0 aliphatic carbocycles. The van der Waals surface area contributed by atoms with Crippen LogP contribution in [0.15, 0.2) is 30.3 Å². The Bertz CT molecular complexity index is 514. The van der Waals surface area contributed by atoms with Crippen LogP contribution in [0.3, 0.4) is 0 Å². The molecule has 22 heavy (non-hydrogen) atoms. The highest BCUT2D eigenvalue weighted by Crippen LogP contribution is 2.06. The van der Waals surface area contributed by atoms with Crippen LogP contribution in [0, 0.1) is 5.92 Å². The fourth-order valence-electron chi connectivity index (χ4n) is 1.93. The predicted octanol–water partition coefficient (Wildman–Crippen LogP) is 1.12. The molecule has 0 aromatic heterocycles.